The molecule has 1 rings (SSSR count). The largest absolute Gasteiger partial charge is 0.465 e. The Kier molecular flexibility index (Phi) is 3.33. The van der Waals surface area contributed by atoms with Crippen LogP contribution in [0.15, 0.2) is 0 Å². The molecule has 1 saturated heterocycles. The summed E-state index contributed by atoms with van der Waals surface area (Å²) in [6.07, 6.45) is 0.652. The predicted octanol–water partition coefficient (Wildman–Crippen LogP) is -0.0375. The van der Waals surface area contributed by atoms with Gasteiger partial charge in [0.2, 0.25) is 0 Å². The fourth-order valence-corrected chi connectivity index (χ4v) is 1.67. The van der Waals surface area contributed by atoms with E-state index in [9.17, 15) is 13.2 Å². The van der Waals surface area contributed by atoms with Crippen LogP contribution >= 0.6 is 0 Å². The van der Waals surface area contributed by atoms with Crippen LogP contribution in [-0.2, 0) is 14.3 Å². The molecule has 1 N–H and O–H groups in total. The topological polar surface area (TPSA) is 83.9 Å². The highest BCUT2D eigenvalue weighted by molar-refractivity contribution is 7.85. The van der Waals surface area contributed by atoms with Crippen LogP contribution < -0.4 is 0 Å². The molecule has 6 nitrogen and oxygen atoms in total. The SMILES string of the molecule is CS(=O)(=O)OCCC1CN(C(=O)O)C1. The van der Waals surface area contributed by atoms with Gasteiger partial charge in [0.1, 0.15) is 0 Å². The highest BCUT2D eigenvalue weighted by Gasteiger charge is 2.29. The van der Waals surface area contributed by atoms with Crippen molar-refractivity contribution in [2.75, 3.05) is 26.0 Å². The van der Waals surface area contributed by atoms with Gasteiger partial charge in [-0.3, -0.25) is 4.18 Å². The Balaban J connectivity index is 2.10. The first-order valence-corrected chi connectivity index (χ1v) is 6.02. The molecule has 0 atom stereocenters. The number of amides is 1. The molecule has 0 aromatic heterocycles. The van der Waals surface area contributed by atoms with E-state index in [0.717, 1.165) is 6.26 Å². The Morgan fingerprint density at radius 3 is 2.57 bits per heavy atom. The van der Waals surface area contributed by atoms with Gasteiger partial charge in [0.15, 0.2) is 0 Å². The number of rotatable bonds is 4. The molecule has 0 radical (unpaired) electrons. The standard InChI is InChI=1S/C7H13NO5S/c1-14(11,12)13-3-2-6-4-8(5-6)7(9)10/h6H,2-5H2,1H3,(H,9,10). The van der Waals surface area contributed by atoms with Crippen molar-refractivity contribution in [1.29, 1.82) is 0 Å². The van der Waals surface area contributed by atoms with E-state index < -0.39 is 16.2 Å². The molecule has 1 amide bonds. The summed E-state index contributed by atoms with van der Waals surface area (Å²) in [5.41, 5.74) is 0. The second-order valence-corrected chi connectivity index (χ2v) is 5.01. The van der Waals surface area contributed by atoms with E-state index in [1.165, 1.54) is 4.90 Å². The molecular formula is C7H13NO5S. The Hall–Kier alpha value is -0.820. The number of carbonyl (C=O) groups is 1. The van der Waals surface area contributed by atoms with Crippen LogP contribution in [0.2, 0.25) is 0 Å². The van der Waals surface area contributed by atoms with Crippen molar-refractivity contribution in [3.8, 4) is 0 Å². The van der Waals surface area contributed by atoms with Crippen LogP contribution in [0.1, 0.15) is 6.42 Å². The normalized spacial score (nSPS) is 17.9. The molecule has 0 bridgehead atoms. The summed E-state index contributed by atoms with van der Waals surface area (Å²) in [6, 6.07) is 0. The lowest BCUT2D eigenvalue weighted by Gasteiger charge is -2.36. The van der Waals surface area contributed by atoms with Crippen molar-refractivity contribution in [1.82, 2.24) is 4.90 Å². The minimum atomic E-state index is -3.36. The first-order valence-electron chi connectivity index (χ1n) is 4.21. The molecule has 0 aliphatic carbocycles. The number of likely N-dealkylation sites (tertiary alicyclic amines) is 1. The summed E-state index contributed by atoms with van der Waals surface area (Å²) in [5, 5.41) is 8.50. The maximum atomic E-state index is 10.6. The Labute approximate surface area is 82.6 Å². The third-order valence-electron chi connectivity index (χ3n) is 2.05. The third kappa shape index (κ3) is 3.51. The maximum absolute atomic E-state index is 10.6. The molecule has 0 aromatic rings. The average molecular weight is 223 g/mol. The van der Waals surface area contributed by atoms with E-state index in [2.05, 4.69) is 4.18 Å². The zero-order chi connectivity index (χ0) is 10.8. The van der Waals surface area contributed by atoms with Crippen molar-refractivity contribution in [2.45, 2.75) is 6.42 Å². The van der Waals surface area contributed by atoms with E-state index in [1.54, 1.807) is 0 Å². The summed E-state index contributed by atoms with van der Waals surface area (Å²) >= 11 is 0. The van der Waals surface area contributed by atoms with E-state index in [1.807, 2.05) is 0 Å². The van der Waals surface area contributed by atoms with Gasteiger partial charge in [-0.2, -0.15) is 8.42 Å². The fraction of sp³-hybridized carbons (Fsp3) is 0.857. The van der Waals surface area contributed by atoms with Gasteiger partial charge in [-0.15, -0.1) is 0 Å². The smallest absolute Gasteiger partial charge is 0.407 e. The van der Waals surface area contributed by atoms with Gasteiger partial charge in [-0.25, -0.2) is 4.79 Å². The predicted molar refractivity (Wildman–Crippen MR) is 48.5 cm³/mol. The summed E-state index contributed by atoms with van der Waals surface area (Å²) < 4.78 is 25.7. The van der Waals surface area contributed by atoms with E-state index >= 15 is 0 Å². The first kappa shape index (κ1) is 11.3. The molecule has 1 aliphatic rings. The molecule has 1 fully saturated rings. The highest BCUT2D eigenvalue weighted by Crippen LogP contribution is 2.18. The van der Waals surface area contributed by atoms with Gasteiger partial charge in [0, 0.05) is 13.1 Å². The molecule has 7 heteroatoms. The second-order valence-electron chi connectivity index (χ2n) is 3.37. The Morgan fingerprint density at radius 1 is 1.57 bits per heavy atom. The van der Waals surface area contributed by atoms with Crippen molar-refractivity contribution >= 4 is 16.2 Å². The third-order valence-corrected chi connectivity index (χ3v) is 2.65. The zero-order valence-corrected chi connectivity index (χ0v) is 8.66. The van der Waals surface area contributed by atoms with E-state index in [0.29, 0.717) is 19.5 Å². The molecule has 14 heavy (non-hydrogen) atoms. The van der Waals surface area contributed by atoms with Gasteiger partial charge in [-0.05, 0) is 12.3 Å². The lowest BCUT2D eigenvalue weighted by atomic mass is 9.98. The number of carboxylic acid groups (broad SMARTS) is 1. The molecular weight excluding hydrogens is 210 g/mol. The van der Waals surface area contributed by atoms with Crippen LogP contribution in [0.5, 0.6) is 0 Å². The summed E-state index contributed by atoms with van der Waals surface area (Å²) in [4.78, 5) is 11.6. The molecule has 0 spiro atoms. The van der Waals surface area contributed by atoms with E-state index in [4.69, 9.17) is 5.11 Å². The summed E-state index contributed by atoms with van der Waals surface area (Å²) in [7, 11) is -3.36. The van der Waals surface area contributed by atoms with E-state index in [-0.39, 0.29) is 12.5 Å². The van der Waals surface area contributed by atoms with Crippen LogP contribution in [-0.4, -0.2) is 50.5 Å². The lowest BCUT2D eigenvalue weighted by Crippen LogP contribution is -2.49. The molecule has 0 aromatic carbocycles. The molecule has 1 heterocycles. The van der Waals surface area contributed by atoms with Gasteiger partial charge >= 0.3 is 6.09 Å². The fourth-order valence-electron chi connectivity index (χ4n) is 1.27. The number of nitrogens with zero attached hydrogens (tertiary/aromatic N) is 1. The summed E-state index contributed by atoms with van der Waals surface area (Å²) in [6.45, 7) is 1.09. The van der Waals surface area contributed by atoms with Gasteiger partial charge < -0.3 is 10.0 Å². The maximum Gasteiger partial charge on any atom is 0.407 e. The van der Waals surface area contributed by atoms with Crippen molar-refractivity contribution in [3.05, 3.63) is 0 Å². The highest BCUT2D eigenvalue weighted by atomic mass is 32.2. The quantitative estimate of drug-likeness (QED) is 0.676. The minimum Gasteiger partial charge on any atom is -0.465 e. The second kappa shape index (κ2) is 4.14. The monoisotopic (exact) mass is 223 g/mol. The number of hydrogen-bond acceptors (Lipinski definition) is 4. The van der Waals surface area contributed by atoms with Gasteiger partial charge in [0.05, 0.1) is 12.9 Å². The van der Waals surface area contributed by atoms with Gasteiger partial charge in [-0.1, -0.05) is 0 Å². The summed E-state index contributed by atoms with van der Waals surface area (Å²) in [5.74, 6) is 0.229. The average Bonchev–Trinajstić information content (AvgIpc) is 1.90. The van der Waals surface area contributed by atoms with Crippen molar-refractivity contribution in [3.63, 3.8) is 0 Å². The zero-order valence-electron chi connectivity index (χ0n) is 7.84. The van der Waals surface area contributed by atoms with Gasteiger partial charge in [0.25, 0.3) is 10.1 Å². The Morgan fingerprint density at radius 2 is 2.14 bits per heavy atom. The molecule has 0 unspecified atom stereocenters. The van der Waals surface area contributed by atoms with Crippen LogP contribution in [0.4, 0.5) is 4.79 Å². The lowest BCUT2D eigenvalue weighted by molar-refractivity contribution is 0.0720. The van der Waals surface area contributed by atoms with Crippen LogP contribution in [0.25, 0.3) is 0 Å². The first-order chi connectivity index (χ1) is 6.38. The van der Waals surface area contributed by atoms with Crippen molar-refractivity contribution < 1.29 is 22.5 Å². The molecule has 1 aliphatic heterocycles. The van der Waals surface area contributed by atoms with Crippen LogP contribution in [0.3, 0.4) is 0 Å². The minimum absolute atomic E-state index is 0.136. The van der Waals surface area contributed by atoms with Crippen LogP contribution in [0, 0.1) is 5.92 Å². The van der Waals surface area contributed by atoms with Crippen molar-refractivity contribution in [2.24, 2.45) is 5.92 Å². The number of hydrogen-bond donors (Lipinski definition) is 1. The Bertz CT molecular complexity index is 306. The molecule has 82 valence electrons. The molecule has 0 saturated carbocycles.